The molecule has 0 unspecified atom stereocenters. The van der Waals surface area contributed by atoms with Gasteiger partial charge in [0.2, 0.25) is 0 Å². The first-order valence-corrected chi connectivity index (χ1v) is 14.7. The minimum atomic E-state index is -1.20. The van der Waals surface area contributed by atoms with E-state index in [-0.39, 0.29) is 0 Å². The second kappa shape index (κ2) is 18.9. The Labute approximate surface area is 164 Å². The summed E-state index contributed by atoms with van der Waals surface area (Å²) < 4.78 is 0. The Balaban J connectivity index is 3.35. The topological polar surface area (TPSA) is 20.2 Å². The molecule has 0 fully saturated rings. The van der Waals surface area contributed by atoms with Crippen LogP contribution in [0.3, 0.4) is 0 Å². The Hall–Kier alpha value is 0.0869. The van der Waals surface area contributed by atoms with Crippen molar-refractivity contribution in [2.45, 2.75) is 110 Å². The third-order valence-corrected chi connectivity index (χ3v) is 11.3. The minimum Gasteiger partial charge on any atom is -0.396 e. The molecule has 0 aromatic rings. The Morgan fingerprint density at radius 2 is 1.16 bits per heavy atom. The van der Waals surface area contributed by atoms with Crippen molar-refractivity contribution in [3.8, 4) is 11.5 Å². The molecule has 0 aromatic carbocycles. The maximum absolute atomic E-state index is 8.71. The van der Waals surface area contributed by atoms with Gasteiger partial charge in [-0.2, -0.15) is 11.8 Å². The molecule has 0 heterocycles. The molecule has 0 saturated carbocycles. The molecule has 0 amide bonds. The van der Waals surface area contributed by atoms with E-state index in [0.717, 1.165) is 12.2 Å². The average molecular weight is 385 g/mol. The van der Waals surface area contributed by atoms with Crippen molar-refractivity contribution in [3.63, 3.8) is 0 Å². The number of aliphatic hydroxyl groups excluding tert-OH is 1. The molecule has 1 N–H and O–H groups in total. The molecule has 0 aliphatic rings. The smallest absolute Gasteiger partial charge is 0.137 e. The zero-order chi connectivity index (χ0) is 18.6. The number of thioether (sulfide) groups is 1. The second-order valence-electron chi connectivity index (χ2n) is 7.26. The van der Waals surface area contributed by atoms with Crippen LogP contribution < -0.4 is 0 Å². The van der Waals surface area contributed by atoms with E-state index < -0.39 is 8.07 Å². The fourth-order valence-corrected chi connectivity index (χ4v) is 6.54. The maximum atomic E-state index is 8.71. The molecule has 0 aromatic heterocycles. The highest BCUT2D eigenvalue weighted by atomic mass is 32.2. The third kappa shape index (κ3) is 14.9. The van der Waals surface area contributed by atoms with E-state index in [1.54, 1.807) is 0 Å². The fraction of sp³-hybridized carbons (Fsp3) is 0.909. The van der Waals surface area contributed by atoms with Crippen LogP contribution in [-0.2, 0) is 0 Å². The third-order valence-electron chi connectivity index (χ3n) is 5.46. The molecule has 0 spiro atoms. The van der Waals surface area contributed by atoms with Gasteiger partial charge in [-0.1, -0.05) is 72.1 Å². The van der Waals surface area contributed by atoms with Crippen LogP contribution in [0.2, 0.25) is 18.1 Å². The molecule has 0 aliphatic carbocycles. The Bertz CT molecular complexity index is 322. The van der Waals surface area contributed by atoms with Crippen LogP contribution in [0.1, 0.15) is 91.4 Å². The molecule has 1 nitrogen and oxygen atoms in total. The second-order valence-corrected chi connectivity index (χ2v) is 13.4. The normalized spacial score (nSPS) is 11.4. The Kier molecular flexibility index (Phi) is 18.9. The zero-order valence-electron chi connectivity index (χ0n) is 17.4. The molecule has 148 valence electrons. The largest absolute Gasteiger partial charge is 0.396 e. The van der Waals surface area contributed by atoms with E-state index in [9.17, 15) is 0 Å². The molecule has 0 radical (unpaired) electrons. The van der Waals surface area contributed by atoms with Gasteiger partial charge in [0.05, 0.1) is 6.61 Å². The zero-order valence-corrected chi connectivity index (χ0v) is 19.2. The summed E-state index contributed by atoms with van der Waals surface area (Å²) in [6.45, 7) is 7.34. The highest BCUT2D eigenvalue weighted by molar-refractivity contribution is 7.99. The summed E-state index contributed by atoms with van der Waals surface area (Å²) in [5.74, 6) is 5.65. The average Bonchev–Trinajstić information content (AvgIpc) is 2.65. The van der Waals surface area contributed by atoms with Crippen LogP contribution in [-0.4, -0.2) is 31.3 Å². The van der Waals surface area contributed by atoms with E-state index in [2.05, 4.69) is 32.2 Å². The first-order valence-electron chi connectivity index (χ1n) is 10.9. The van der Waals surface area contributed by atoms with Gasteiger partial charge in [0.1, 0.15) is 8.07 Å². The summed E-state index contributed by atoms with van der Waals surface area (Å²) in [5.41, 5.74) is 3.70. The maximum Gasteiger partial charge on any atom is 0.137 e. The molecule has 0 bridgehead atoms. The standard InChI is InChI=1S/C22H44OSSi/c1-4-25(5-2,6-3)22-18-16-14-12-10-8-7-9-11-13-15-17-20-24-21-19-23/h23H,4-17,19-21H2,1-3H3. The lowest BCUT2D eigenvalue weighted by Gasteiger charge is -2.20. The number of rotatable bonds is 17. The predicted octanol–water partition coefficient (Wildman–Crippen LogP) is 7.05. The van der Waals surface area contributed by atoms with Crippen LogP contribution in [0.5, 0.6) is 0 Å². The first-order chi connectivity index (χ1) is 12.2. The lowest BCUT2D eigenvalue weighted by atomic mass is 10.1. The van der Waals surface area contributed by atoms with Gasteiger partial charge in [-0.3, -0.25) is 0 Å². The van der Waals surface area contributed by atoms with Gasteiger partial charge in [0.25, 0.3) is 0 Å². The van der Waals surface area contributed by atoms with Crippen LogP contribution in [0, 0.1) is 11.5 Å². The van der Waals surface area contributed by atoms with Crippen molar-refractivity contribution in [2.24, 2.45) is 0 Å². The van der Waals surface area contributed by atoms with Gasteiger partial charge >= 0.3 is 0 Å². The molecule has 0 rings (SSSR count). The molecule has 0 aliphatic heterocycles. The predicted molar refractivity (Wildman–Crippen MR) is 120 cm³/mol. The minimum absolute atomic E-state index is 0.329. The summed E-state index contributed by atoms with van der Waals surface area (Å²) in [7, 11) is -1.20. The quantitative estimate of drug-likeness (QED) is 0.165. The lowest BCUT2D eigenvalue weighted by molar-refractivity contribution is 0.322. The van der Waals surface area contributed by atoms with E-state index in [1.165, 1.54) is 88.1 Å². The molecular formula is C22H44OSSi. The molecule has 0 atom stereocenters. The van der Waals surface area contributed by atoms with Crippen LogP contribution >= 0.6 is 11.8 Å². The highest BCUT2D eigenvalue weighted by Crippen LogP contribution is 2.19. The first kappa shape index (κ1) is 25.1. The number of hydrogen-bond donors (Lipinski definition) is 1. The van der Waals surface area contributed by atoms with Gasteiger partial charge in [0.15, 0.2) is 0 Å². The van der Waals surface area contributed by atoms with Crippen molar-refractivity contribution in [3.05, 3.63) is 0 Å². The molecule has 0 saturated heterocycles. The van der Waals surface area contributed by atoms with Gasteiger partial charge in [-0.15, -0.1) is 11.5 Å². The lowest BCUT2D eigenvalue weighted by Crippen LogP contribution is -2.29. The SMILES string of the molecule is CC[Si](C#CCCCCCCCCCCCCSCCO)(CC)CC. The summed E-state index contributed by atoms with van der Waals surface area (Å²) in [6, 6.07) is 3.98. The Morgan fingerprint density at radius 3 is 1.64 bits per heavy atom. The van der Waals surface area contributed by atoms with Crippen LogP contribution in [0.25, 0.3) is 0 Å². The van der Waals surface area contributed by atoms with E-state index >= 15 is 0 Å². The molecular weight excluding hydrogens is 340 g/mol. The Morgan fingerprint density at radius 1 is 0.680 bits per heavy atom. The summed E-state index contributed by atoms with van der Waals surface area (Å²) in [4.78, 5) is 0. The fourth-order valence-electron chi connectivity index (χ4n) is 3.26. The van der Waals surface area contributed by atoms with Crippen molar-refractivity contribution in [2.75, 3.05) is 18.1 Å². The van der Waals surface area contributed by atoms with Gasteiger partial charge < -0.3 is 5.11 Å². The van der Waals surface area contributed by atoms with Crippen LogP contribution in [0.4, 0.5) is 0 Å². The molecule has 25 heavy (non-hydrogen) atoms. The van der Waals surface area contributed by atoms with Crippen LogP contribution in [0.15, 0.2) is 0 Å². The molecule has 3 heteroatoms. The van der Waals surface area contributed by atoms with Gasteiger partial charge in [-0.25, -0.2) is 0 Å². The van der Waals surface area contributed by atoms with Crippen molar-refractivity contribution in [1.29, 1.82) is 0 Å². The number of unbranched alkanes of at least 4 members (excludes halogenated alkanes) is 10. The highest BCUT2D eigenvalue weighted by Gasteiger charge is 2.23. The van der Waals surface area contributed by atoms with Crippen molar-refractivity contribution in [1.82, 2.24) is 0 Å². The van der Waals surface area contributed by atoms with Crippen molar-refractivity contribution >= 4 is 19.8 Å². The summed E-state index contributed by atoms with van der Waals surface area (Å²) in [6.07, 6.45) is 15.0. The van der Waals surface area contributed by atoms with E-state index in [4.69, 9.17) is 5.11 Å². The van der Waals surface area contributed by atoms with E-state index in [1.807, 2.05) is 11.8 Å². The summed E-state index contributed by atoms with van der Waals surface area (Å²) in [5, 5.41) is 8.71. The number of aliphatic hydroxyl groups is 1. The monoisotopic (exact) mass is 384 g/mol. The van der Waals surface area contributed by atoms with Gasteiger partial charge in [-0.05, 0) is 36.7 Å². The van der Waals surface area contributed by atoms with Gasteiger partial charge in [0, 0.05) is 12.2 Å². The van der Waals surface area contributed by atoms with E-state index in [0.29, 0.717) is 6.61 Å². The summed E-state index contributed by atoms with van der Waals surface area (Å²) >= 11 is 1.88. The van der Waals surface area contributed by atoms with Crippen molar-refractivity contribution < 1.29 is 5.11 Å². The number of hydrogen-bond acceptors (Lipinski definition) is 2.